The maximum absolute atomic E-state index is 5.62. The number of anilines is 1. The summed E-state index contributed by atoms with van der Waals surface area (Å²) < 4.78 is 7.59. The van der Waals surface area contributed by atoms with E-state index in [4.69, 9.17) is 10.2 Å². The standard InChI is InChI=1S/C14H15N5O/c1-2-11-6-18-14(20-11)8-19-9-16-7-12(19)10-3-4-13(15)17-5-10/h3-7,9H,2,8H2,1H3,(H2,15,17). The minimum Gasteiger partial charge on any atom is -0.444 e. The topological polar surface area (TPSA) is 82.8 Å². The maximum atomic E-state index is 5.62. The number of nitrogen functional groups attached to an aromatic ring is 1. The quantitative estimate of drug-likeness (QED) is 0.784. The van der Waals surface area contributed by atoms with E-state index in [0.717, 1.165) is 23.4 Å². The molecule has 3 aromatic rings. The minimum absolute atomic E-state index is 0.500. The number of rotatable bonds is 4. The molecule has 0 atom stereocenters. The molecule has 0 saturated heterocycles. The van der Waals surface area contributed by atoms with Crippen LogP contribution in [0.2, 0.25) is 0 Å². The zero-order valence-corrected chi connectivity index (χ0v) is 11.2. The van der Waals surface area contributed by atoms with E-state index in [9.17, 15) is 0 Å². The Morgan fingerprint density at radius 2 is 2.10 bits per heavy atom. The van der Waals surface area contributed by atoms with Crippen molar-refractivity contribution in [2.75, 3.05) is 5.73 Å². The van der Waals surface area contributed by atoms with Crippen LogP contribution in [0.15, 0.2) is 41.5 Å². The number of imidazole rings is 1. The van der Waals surface area contributed by atoms with Crippen LogP contribution < -0.4 is 5.73 Å². The highest BCUT2D eigenvalue weighted by molar-refractivity contribution is 5.59. The van der Waals surface area contributed by atoms with Crippen LogP contribution in [0.25, 0.3) is 11.3 Å². The molecule has 0 spiro atoms. The van der Waals surface area contributed by atoms with Crippen molar-refractivity contribution in [1.29, 1.82) is 0 Å². The number of oxazole rings is 1. The van der Waals surface area contributed by atoms with Gasteiger partial charge in [0, 0.05) is 18.2 Å². The molecule has 3 rings (SSSR count). The van der Waals surface area contributed by atoms with E-state index in [1.54, 1.807) is 31.0 Å². The van der Waals surface area contributed by atoms with E-state index in [1.165, 1.54) is 0 Å². The van der Waals surface area contributed by atoms with Crippen molar-refractivity contribution in [3.63, 3.8) is 0 Å². The van der Waals surface area contributed by atoms with E-state index in [2.05, 4.69) is 15.0 Å². The lowest BCUT2D eigenvalue weighted by molar-refractivity contribution is 0.447. The highest BCUT2D eigenvalue weighted by atomic mass is 16.4. The number of hydrogen-bond acceptors (Lipinski definition) is 5. The third-order valence-corrected chi connectivity index (χ3v) is 3.05. The van der Waals surface area contributed by atoms with Gasteiger partial charge in [-0.15, -0.1) is 0 Å². The van der Waals surface area contributed by atoms with Gasteiger partial charge in [-0.3, -0.25) is 0 Å². The van der Waals surface area contributed by atoms with Gasteiger partial charge in [0.05, 0.1) is 24.4 Å². The first kappa shape index (κ1) is 12.4. The van der Waals surface area contributed by atoms with Crippen LogP contribution in [0.5, 0.6) is 0 Å². The zero-order valence-electron chi connectivity index (χ0n) is 11.2. The number of aromatic nitrogens is 4. The van der Waals surface area contributed by atoms with E-state index in [-0.39, 0.29) is 0 Å². The van der Waals surface area contributed by atoms with Crippen molar-refractivity contribution in [3.05, 3.63) is 48.7 Å². The number of hydrogen-bond donors (Lipinski definition) is 1. The van der Waals surface area contributed by atoms with Crippen molar-refractivity contribution in [1.82, 2.24) is 19.5 Å². The average molecular weight is 269 g/mol. The Hall–Kier alpha value is -2.63. The second-order valence-corrected chi connectivity index (χ2v) is 4.45. The number of nitrogens with zero attached hydrogens (tertiary/aromatic N) is 4. The molecule has 0 saturated carbocycles. The molecule has 102 valence electrons. The molecular weight excluding hydrogens is 254 g/mol. The molecule has 0 aromatic carbocycles. The van der Waals surface area contributed by atoms with Crippen LogP contribution in [0.4, 0.5) is 5.82 Å². The summed E-state index contributed by atoms with van der Waals surface area (Å²) >= 11 is 0. The fraction of sp³-hybridized carbons (Fsp3) is 0.214. The molecule has 0 aliphatic rings. The Balaban J connectivity index is 1.88. The van der Waals surface area contributed by atoms with Crippen LogP contribution >= 0.6 is 0 Å². The summed E-state index contributed by atoms with van der Waals surface area (Å²) in [4.78, 5) is 12.5. The SMILES string of the molecule is CCc1cnc(Cn2cncc2-c2ccc(N)nc2)o1. The minimum atomic E-state index is 0.500. The maximum Gasteiger partial charge on any atom is 0.214 e. The average Bonchev–Trinajstić information content (AvgIpc) is 3.09. The molecule has 0 fully saturated rings. The van der Waals surface area contributed by atoms with Gasteiger partial charge in [0.1, 0.15) is 18.1 Å². The molecule has 0 radical (unpaired) electrons. The highest BCUT2D eigenvalue weighted by Gasteiger charge is 2.09. The first-order valence-corrected chi connectivity index (χ1v) is 6.42. The second kappa shape index (κ2) is 5.16. The molecule has 3 heterocycles. The van der Waals surface area contributed by atoms with Gasteiger partial charge < -0.3 is 14.7 Å². The molecule has 0 bridgehead atoms. The first-order chi connectivity index (χ1) is 9.76. The molecule has 2 N–H and O–H groups in total. The number of nitrogens with two attached hydrogens (primary N) is 1. The van der Waals surface area contributed by atoms with Crippen LogP contribution in [0, 0.1) is 0 Å². The fourth-order valence-corrected chi connectivity index (χ4v) is 1.97. The number of aryl methyl sites for hydroxylation is 1. The molecule has 0 aliphatic heterocycles. The summed E-state index contributed by atoms with van der Waals surface area (Å²) in [7, 11) is 0. The van der Waals surface area contributed by atoms with E-state index < -0.39 is 0 Å². The van der Waals surface area contributed by atoms with Gasteiger partial charge in [0.25, 0.3) is 0 Å². The molecule has 6 nitrogen and oxygen atoms in total. The summed E-state index contributed by atoms with van der Waals surface area (Å²) in [6, 6.07) is 3.69. The Labute approximate surface area is 116 Å². The summed E-state index contributed by atoms with van der Waals surface area (Å²) in [5, 5.41) is 0. The van der Waals surface area contributed by atoms with Gasteiger partial charge in [0.2, 0.25) is 5.89 Å². The normalized spacial score (nSPS) is 10.8. The van der Waals surface area contributed by atoms with Gasteiger partial charge in [0.15, 0.2) is 0 Å². The lowest BCUT2D eigenvalue weighted by atomic mass is 10.2. The summed E-state index contributed by atoms with van der Waals surface area (Å²) in [5.74, 6) is 2.06. The molecule has 0 aliphatic carbocycles. The molecule has 0 amide bonds. The lowest BCUT2D eigenvalue weighted by Crippen LogP contribution is -2.01. The largest absolute Gasteiger partial charge is 0.444 e. The molecule has 3 aromatic heterocycles. The number of pyridine rings is 1. The third kappa shape index (κ3) is 2.40. The Kier molecular flexibility index (Phi) is 3.20. The molecule has 6 heteroatoms. The van der Waals surface area contributed by atoms with Gasteiger partial charge >= 0.3 is 0 Å². The van der Waals surface area contributed by atoms with E-state index >= 15 is 0 Å². The van der Waals surface area contributed by atoms with Crippen molar-refractivity contribution >= 4 is 5.82 Å². The fourth-order valence-electron chi connectivity index (χ4n) is 1.97. The summed E-state index contributed by atoms with van der Waals surface area (Å²) in [5.41, 5.74) is 7.51. The third-order valence-electron chi connectivity index (χ3n) is 3.05. The van der Waals surface area contributed by atoms with Crippen LogP contribution in [-0.2, 0) is 13.0 Å². The Morgan fingerprint density at radius 3 is 2.80 bits per heavy atom. The van der Waals surface area contributed by atoms with Crippen molar-refractivity contribution in [2.45, 2.75) is 19.9 Å². The monoisotopic (exact) mass is 269 g/mol. The van der Waals surface area contributed by atoms with Crippen molar-refractivity contribution < 1.29 is 4.42 Å². The molecule has 20 heavy (non-hydrogen) atoms. The van der Waals surface area contributed by atoms with Gasteiger partial charge in [-0.1, -0.05) is 6.92 Å². The molecule has 0 unspecified atom stereocenters. The van der Waals surface area contributed by atoms with Crippen LogP contribution in [-0.4, -0.2) is 19.5 Å². The second-order valence-electron chi connectivity index (χ2n) is 4.45. The smallest absolute Gasteiger partial charge is 0.214 e. The van der Waals surface area contributed by atoms with Crippen LogP contribution in [0.1, 0.15) is 18.6 Å². The molecular formula is C14H15N5O. The van der Waals surface area contributed by atoms with Crippen molar-refractivity contribution in [3.8, 4) is 11.3 Å². The summed E-state index contributed by atoms with van der Waals surface area (Å²) in [6.07, 6.45) is 7.87. The predicted molar refractivity (Wildman–Crippen MR) is 74.9 cm³/mol. The summed E-state index contributed by atoms with van der Waals surface area (Å²) in [6.45, 7) is 2.58. The lowest BCUT2D eigenvalue weighted by Gasteiger charge is -2.05. The predicted octanol–water partition coefficient (Wildman–Crippen LogP) is 2.13. The van der Waals surface area contributed by atoms with Crippen LogP contribution in [0.3, 0.4) is 0 Å². The zero-order chi connectivity index (χ0) is 13.9. The highest BCUT2D eigenvalue weighted by Crippen LogP contribution is 2.19. The Bertz CT molecular complexity index is 698. The van der Waals surface area contributed by atoms with E-state index in [0.29, 0.717) is 18.3 Å². The van der Waals surface area contributed by atoms with E-state index in [1.807, 2.05) is 17.6 Å². The van der Waals surface area contributed by atoms with Gasteiger partial charge in [-0.05, 0) is 12.1 Å². The van der Waals surface area contributed by atoms with Gasteiger partial charge in [-0.2, -0.15) is 0 Å². The van der Waals surface area contributed by atoms with Gasteiger partial charge in [-0.25, -0.2) is 15.0 Å². The van der Waals surface area contributed by atoms with Crippen molar-refractivity contribution in [2.24, 2.45) is 0 Å². The first-order valence-electron chi connectivity index (χ1n) is 6.42. The Morgan fingerprint density at radius 1 is 1.20 bits per heavy atom.